The van der Waals surface area contributed by atoms with Crippen molar-refractivity contribution < 1.29 is 19.4 Å². The van der Waals surface area contributed by atoms with Crippen molar-refractivity contribution in [2.75, 3.05) is 20.3 Å². The molecule has 29 heavy (non-hydrogen) atoms. The zero-order chi connectivity index (χ0) is 20.2. The quantitative estimate of drug-likeness (QED) is 0.652. The van der Waals surface area contributed by atoms with Gasteiger partial charge in [-0.1, -0.05) is 60.7 Å². The summed E-state index contributed by atoms with van der Waals surface area (Å²) < 4.78 is 10.6. The second kappa shape index (κ2) is 8.27. The van der Waals surface area contributed by atoms with E-state index < -0.39 is 6.09 Å². The van der Waals surface area contributed by atoms with E-state index in [2.05, 4.69) is 29.6 Å². The Morgan fingerprint density at radius 3 is 2.28 bits per heavy atom. The van der Waals surface area contributed by atoms with Crippen LogP contribution in [0.4, 0.5) is 4.79 Å². The molecule has 0 aromatic heterocycles. The number of hydrogen-bond acceptors (Lipinski definition) is 4. The number of benzene rings is 3. The lowest BCUT2D eigenvalue weighted by molar-refractivity contribution is 0.143. The van der Waals surface area contributed by atoms with Crippen molar-refractivity contribution in [2.45, 2.75) is 12.3 Å². The SMILES string of the molecule is COc1cccc(CCNC(=O)OCC2c3ccccc3-c3ccccc32)c1O. The molecule has 0 heterocycles. The van der Waals surface area contributed by atoms with Crippen LogP contribution in [0, 0.1) is 0 Å². The van der Waals surface area contributed by atoms with Crippen LogP contribution in [0.2, 0.25) is 0 Å². The van der Waals surface area contributed by atoms with Crippen molar-refractivity contribution in [3.8, 4) is 22.6 Å². The number of carbonyl (C=O) groups excluding carboxylic acids is 1. The maximum absolute atomic E-state index is 12.2. The van der Waals surface area contributed by atoms with Crippen LogP contribution in [-0.4, -0.2) is 31.5 Å². The number of ether oxygens (including phenoxy) is 2. The summed E-state index contributed by atoms with van der Waals surface area (Å²) in [6.45, 7) is 0.641. The van der Waals surface area contributed by atoms with E-state index in [0.29, 0.717) is 24.3 Å². The number of rotatable bonds is 6. The number of alkyl carbamates (subject to hydrolysis) is 1. The van der Waals surface area contributed by atoms with Gasteiger partial charge in [-0.2, -0.15) is 0 Å². The van der Waals surface area contributed by atoms with Crippen molar-refractivity contribution in [3.63, 3.8) is 0 Å². The van der Waals surface area contributed by atoms with Gasteiger partial charge in [0.2, 0.25) is 0 Å². The minimum atomic E-state index is -0.464. The summed E-state index contributed by atoms with van der Waals surface area (Å²) in [7, 11) is 1.51. The molecule has 0 unspecified atom stereocenters. The lowest BCUT2D eigenvalue weighted by Gasteiger charge is -2.15. The van der Waals surface area contributed by atoms with Crippen LogP contribution in [0.5, 0.6) is 11.5 Å². The highest BCUT2D eigenvalue weighted by Crippen LogP contribution is 2.44. The van der Waals surface area contributed by atoms with Gasteiger partial charge in [0.1, 0.15) is 6.61 Å². The molecule has 1 aliphatic carbocycles. The van der Waals surface area contributed by atoms with Gasteiger partial charge in [-0.05, 0) is 40.3 Å². The number of phenols is 1. The molecule has 148 valence electrons. The van der Waals surface area contributed by atoms with Gasteiger partial charge >= 0.3 is 6.09 Å². The first kappa shape index (κ1) is 18.9. The molecule has 0 saturated carbocycles. The number of para-hydroxylation sites is 1. The summed E-state index contributed by atoms with van der Waals surface area (Å²) in [5.41, 5.74) is 5.48. The fourth-order valence-electron chi connectivity index (χ4n) is 3.88. The third kappa shape index (κ3) is 3.76. The van der Waals surface area contributed by atoms with E-state index in [1.807, 2.05) is 24.3 Å². The van der Waals surface area contributed by atoms with E-state index in [9.17, 15) is 9.90 Å². The highest BCUT2D eigenvalue weighted by Gasteiger charge is 2.28. The summed E-state index contributed by atoms with van der Waals surface area (Å²) in [4.78, 5) is 12.2. The van der Waals surface area contributed by atoms with Crippen LogP contribution in [0.15, 0.2) is 66.7 Å². The zero-order valence-electron chi connectivity index (χ0n) is 16.2. The van der Waals surface area contributed by atoms with Crippen LogP contribution in [-0.2, 0) is 11.2 Å². The Morgan fingerprint density at radius 1 is 0.966 bits per heavy atom. The summed E-state index contributed by atoms with van der Waals surface area (Å²) in [6.07, 6.45) is 0.0157. The summed E-state index contributed by atoms with van der Waals surface area (Å²) in [5, 5.41) is 12.9. The summed E-state index contributed by atoms with van der Waals surface area (Å²) >= 11 is 0. The fourth-order valence-corrected chi connectivity index (χ4v) is 3.88. The molecule has 3 aromatic carbocycles. The van der Waals surface area contributed by atoms with Gasteiger partial charge in [0.05, 0.1) is 7.11 Å². The highest BCUT2D eigenvalue weighted by atomic mass is 16.5. The van der Waals surface area contributed by atoms with Gasteiger partial charge in [0.25, 0.3) is 0 Å². The van der Waals surface area contributed by atoms with Gasteiger partial charge in [-0.15, -0.1) is 0 Å². The molecule has 1 aliphatic rings. The average Bonchev–Trinajstić information content (AvgIpc) is 3.07. The van der Waals surface area contributed by atoms with Gasteiger partial charge in [-0.25, -0.2) is 4.79 Å². The molecule has 0 spiro atoms. The lowest BCUT2D eigenvalue weighted by Crippen LogP contribution is -2.28. The highest BCUT2D eigenvalue weighted by molar-refractivity contribution is 5.79. The van der Waals surface area contributed by atoms with Crippen LogP contribution < -0.4 is 10.1 Å². The van der Waals surface area contributed by atoms with Gasteiger partial charge < -0.3 is 19.9 Å². The maximum atomic E-state index is 12.2. The first-order valence-corrected chi connectivity index (χ1v) is 9.62. The lowest BCUT2D eigenvalue weighted by atomic mass is 9.98. The van der Waals surface area contributed by atoms with Crippen molar-refractivity contribution in [3.05, 3.63) is 83.4 Å². The Kier molecular flexibility index (Phi) is 5.38. The van der Waals surface area contributed by atoms with Gasteiger partial charge in [-0.3, -0.25) is 0 Å². The first-order valence-electron chi connectivity index (χ1n) is 9.62. The second-order valence-electron chi connectivity index (χ2n) is 6.97. The van der Waals surface area contributed by atoms with Crippen LogP contribution >= 0.6 is 0 Å². The van der Waals surface area contributed by atoms with Crippen molar-refractivity contribution >= 4 is 6.09 Å². The second-order valence-corrected chi connectivity index (χ2v) is 6.97. The molecule has 0 atom stereocenters. The predicted molar refractivity (Wildman–Crippen MR) is 111 cm³/mol. The molecular formula is C24H23NO4. The minimum absolute atomic E-state index is 0.0376. The number of fused-ring (bicyclic) bond motifs is 3. The number of methoxy groups -OCH3 is 1. The average molecular weight is 389 g/mol. The Bertz CT molecular complexity index is 985. The van der Waals surface area contributed by atoms with E-state index in [1.165, 1.54) is 29.4 Å². The van der Waals surface area contributed by atoms with Crippen molar-refractivity contribution in [1.29, 1.82) is 0 Å². The van der Waals surface area contributed by atoms with Crippen LogP contribution in [0.25, 0.3) is 11.1 Å². The number of hydrogen-bond donors (Lipinski definition) is 2. The standard InChI is InChI=1S/C24H23NO4/c1-28-22-12-6-7-16(23(22)26)13-14-25-24(27)29-15-21-19-10-4-2-8-17(19)18-9-3-5-11-20(18)21/h2-12,21,26H,13-15H2,1H3,(H,25,27). The van der Waals surface area contributed by atoms with Crippen LogP contribution in [0.3, 0.4) is 0 Å². The van der Waals surface area contributed by atoms with E-state index in [-0.39, 0.29) is 18.3 Å². The van der Waals surface area contributed by atoms with E-state index in [1.54, 1.807) is 18.2 Å². The smallest absolute Gasteiger partial charge is 0.407 e. The van der Waals surface area contributed by atoms with Gasteiger partial charge in [0, 0.05) is 12.5 Å². The Balaban J connectivity index is 1.35. The van der Waals surface area contributed by atoms with E-state index in [0.717, 1.165) is 0 Å². The number of phenolic OH excluding ortho intramolecular Hbond substituents is 1. The fraction of sp³-hybridized carbons (Fsp3) is 0.208. The third-order valence-corrected chi connectivity index (χ3v) is 5.31. The van der Waals surface area contributed by atoms with Gasteiger partial charge in [0.15, 0.2) is 11.5 Å². The molecule has 0 fully saturated rings. The third-order valence-electron chi connectivity index (χ3n) is 5.31. The maximum Gasteiger partial charge on any atom is 0.407 e. The Hall–Kier alpha value is -3.47. The Labute approximate surface area is 169 Å². The predicted octanol–water partition coefficient (Wildman–Crippen LogP) is 4.48. The molecule has 0 radical (unpaired) electrons. The van der Waals surface area contributed by atoms with Crippen molar-refractivity contribution in [2.24, 2.45) is 0 Å². The number of aromatic hydroxyl groups is 1. The van der Waals surface area contributed by atoms with E-state index >= 15 is 0 Å². The number of nitrogens with one attached hydrogen (secondary N) is 1. The normalized spacial score (nSPS) is 12.2. The van der Waals surface area contributed by atoms with Crippen LogP contribution in [0.1, 0.15) is 22.6 Å². The molecule has 5 nitrogen and oxygen atoms in total. The molecular weight excluding hydrogens is 366 g/mol. The molecule has 4 rings (SSSR count). The monoisotopic (exact) mass is 389 g/mol. The number of amides is 1. The zero-order valence-corrected chi connectivity index (χ0v) is 16.2. The summed E-state index contributed by atoms with van der Waals surface area (Å²) in [6, 6.07) is 21.8. The topological polar surface area (TPSA) is 67.8 Å². The van der Waals surface area contributed by atoms with E-state index in [4.69, 9.17) is 9.47 Å². The molecule has 0 aliphatic heterocycles. The molecule has 0 saturated heterocycles. The summed E-state index contributed by atoms with van der Waals surface area (Å²) in [5.74, 6) is 0.559. The number of carbonyl (C=O) groups is 1. The molecule has 1 amide bonds. The first-order chi connectivity index (χ1) is 14.2. The molecule has 5 heteroatoms. The van der Waals surface area contributed by atoms with Crippen molar-refractivity contribution in [1.82, 2.24) is 5.32 Å². The minimum Gasteiger partial charge on any atom is -0.504 e. The molecule has 0 bridgehead atoms. The largest absolute Gasteiger partial charge is 0.504 e. The Morgan fingerprint density at radius 2 is 1.62 bits per heavy atom. The molecule has 2 N–H and O–H groups in total. The molecule has 3 aromatic rings.